The monoisotopic (exact) mass is 320 g/mol. The molecule has 0 atom stereocenters. The molecule has 0 radical (unpaired) electrons. The Hall–Kier alpha value is -2.74. The van der Waals surface area contributed by atoms with Crippen molar-refractivity contribution in [2.24, 2.45) is 5.29 Å². The lowest BCUT2D eigenvalue weighted by Gasteiger charge is -2.15. The van der Waals surface area contributed by atoms with Crippen LogP contribution < -0.4 is 5.01 Å². The van der Waals surface area contributed by atoms with Gasteiger partial charge in [0.15, 0.2) is 9.84 Å². The van der Waals surface area contributed by atoms with Crippen molar-refractivity contribution < 1.29 is 18.3 Å². The molecule has 22 heavy (non-hydrogen) atoms. The molecule has 8 heteroatoms. The molecule has 2 aromatic carbocycles. The van der Waals surface area contributed by atoms with Crippen LogP contribution in [0.5, 0.6) is 0 Å². The summed E-state index contributed by atoms with van der Waals surface area (Å²) >= 11 is 0. The van der Waals surface area contributed by atoms with Crippen LogP contribution in [0, 0.1) is 4.91 Å². The number of carbonyl (C=O) groups is 1. The van der Waals surface area contributed by atoms with Crippen LogP contribution in [-0.2, 0) is 9.84 Å². The molecule has 0 aromatic heterocycles. The zero-order valence-electron chi connectivity index (χ0n) is 11.5. The van der Waals surface area contributed by atoms with Gasteiger partial charge >= 0.3 is 5.97 Å². The number of hydrogen-bond donors (Lipinski definition) is 1. The van der Waals surface area contributed by atoms with E-state index < -0.39 is 15.8 Å². The fourth-order valence-corrected chi connectivity index (χ4v) is 2.45. The third kappa shape index (κ3) is 3.29. The standard InChI is InChI=1S/C14H12N2O5S/c1-22(20,21)13-8-6-12(7-9-13)16(15-19)11-4-2-10(3-5-11)14(17)18/h2-9H,1H3,(H,17,18). The molecule has 0 saturated heterocycles. The van der Waals surface area contributed by atoms with Crippen molar-refractivity contribution >= 4 is 27.2 Å². The quantitative estimate of drug-likeness (QED) is 0.670. The molecule has 0 aliphatic rings. The molecular weight excluding hydrogens is 308 g/mol. The van der Waals surface area contributed by atoms with Crippen LogP contribution >= 0.6 is 0 Å². The molecule has 2 aromatic rings. The maximum Gasteiger partial charge on any atom is 0.335 e. The van der Waals surface area contributed by atoms with Gasteiger partial charge in [0.25, 0.3) is 0 Å². The number of nitroso groups, excluding NO2 is 1. The lowest BCUT2D eigenvalue weighted by Crippen LogP contribution is -2.08. The number of carboxylic acids is 1. The average molecular weight is 320 g/mol. The fourth-order valence-electron chi connectivity index (χ4n) is 1.82. The van der Waals surface area contributed by atoms with Crippen molar-refractivity contribution in [3.63, 3.8) is 0 Å². The van der Waals surface area contributed by atoms with Crippen LogP contribution in [-0.4, -0.2) is 25.7 Å². The Morgan fingerprint density at radius 2 is 1.45 bits per heavy atom. The molecule has 0 amide bonds. The van der Waals surface area contributed by atoms with Crippen molar-refractivity contribution in [1.82, 2.24) is 0 Å². The highest BCUT2D eigenvalue weighted by Crippen LogP contribution is 2.27. The highest BCUT2D eigenvalue weighted by Gasteiger charge is 2.13. The third-order valence-corrected chi connectivity index (χ3v) is 4.08. The van der Waals surface area contributed by atoms with Crippen molar-refractivity contribution in [2.45, 2.75) is 4.90 Å². The Bertz CT molecular complexity index is 798. The van der Waals surface area contributed by atoms with Crippen LogP contribution in [0.15, 0.2) is 58.7 Å². The lowest BCUT2D eigenvalue weighted by molar-refractivity contribution is 0.0697. The molecule has 0 aliphatic carbocycles. The van der Waals surface area contributed by atoms with Gasteiger partial charge in [-0.25, -0.2) is 13.2 Å². The smallest absolute Gasteiger partial charge is 0.335 e. The van der Waals surface area contributed by atoms with Gasteiger partial charge in [0.05, 0.1) is 27.1 Å². The second kappa shape index (κ2) is 5.94. The number of hydrogen-bond acceptors (Lipinski definition) is 5. The van der Waals surface area contributed by atoms with Gasteiger partial charge in [-0.15, -0.1) is 4.91 Å². The number of rotatable bonds is 5. The molecule has 0 unspecified atom stereocenters. The first-order chi connectivity index (χ1) is 10.3. The van der Waals surface area contributed by atoms with E-state index in [4.69, 9.17) is 5.11 Å². The van der Waals surface area contributed by atoms with Gasteiger partial charge < -0.3 is 5.11 Å². The number of aromatic carboxylic acids is 1. The largest absolute Gasteiger partial charge is 0.478 e. The van der Waals surface area contributed by atoms with Crippen LogP contribution in [0.1, 0.15) is 10.4 Å². The maximum absolute atomic E-state index is 11.4. The van der Waals surface area contributed by atoms with Crippen LogP contribution in [0.3, 0.4) is 0 Å². The Balaban J connectivity index is 2.35. The van der Waals surface area contributed by atoms with E-state index in [1.54, 1.807) is 0 Å². The fraction of sp³-hybridized carbons (Fsp3) is 0.0714. The van der Waals surface area contributed by atoms with Gasteiger partial charge in [0.1, 0.15) is 0 Å². The van der Waals surface area contributed by atoms with Gasteiger partial charge in [-0.2, -0.15) is 5.01 Å². The summed E-state index contributed by atoms with van der Waals surface area (Å²) in [5.74, 6) is -1.07. The second-order valence-corrected chi connectivity index (χ2v) is 6.53. The summed E-state index contributed by atoms with van der Waals surface area (Å²) in [5.41, 5.74) is 0.819. The summed E-state index contributed by atoms with van der Waals surface area (Å²) in [6.07, 6.45) is 1.09. The highest BCUT2D eigenvalue weighted by molar-refractivity contribution is 7.90. The lowest BCUT2D eigenvalue weighted by atomic mass is 10.2. The zero-order valence-corrected chi connectivity index (χ0v) is 12.3. The molecule has 0 heterocycles. The highest BCUT2D eigenvalue weighted by atomic mass is 32.2. The number of benzene rings is 2. The topological polar surface area (TPSA) is 104 Å². The summed E-state index contributed by atoms with van der Waals surface area (Å²) in [6.45, 7) is 0. The zero-order chi connectivity index (χ0) is 16.3. The summed E-state index contributed by atoms with van der Waals surface area (Å²) in [4.78, 5) is 22.0. The van der Waals surface area contributed by atoms with E-state index in [0.717, 1.165) is 11.3 Å². The first kappa shape index (κ1) is 15.6. The normalized spacial score (nSPS) is 11.0. The summed E-state index contributed by atoms with van der Waals surface area (Å²) < 4.78 is 22.8. The number of sulfone groups is 1. The first-order valence-corrected chi connectivity index (χ1v) is 7.99. The van der Waals surface area contributed by atoms with E-state index >= 15 is 0 Å². The Morgan fingerprint density at radius 3 is 1.82 bits per heavy atom. The molecular formula is C14H12N2O5S. The Labute approximate surface area is 126 Å². The van der Waals surface area contributed by atoms with Gasteiger partial charge in [-0.1, -0.05) is 0 Å². The molecule has 0 bridgehead atoms. The van der Waals surface area contributed by atoms with E-state index in [-0.39, 0.29) is 10.5 Å². The molecule has 0 aliphatic heterocycles. The summed E-state index contributed by atoms with van der Waals surface area (Å²) in [5, 5.41) is 12.8. The van der Waals surface area contributed by atoms with E-state index in [9.17, 15) is 18.1 Å². The number of carboxylic acid groups (broad SMARTS) is 1. The average Bonchev–Trinajstić information content (AvgIpc) is 2.48. The van der Waals surface area contributed by atoms with Crippen molar-refractivity contribution in [2.75, 3.05) is 11.3 Å². The summed E-state index contributed by atoms with van der Waals surface area (Å²) in [7, 11) is -3.32. The van der Waals surface area contributed by atoms with E-state index in [2.05, 4.69) is 5.29 Å². The van der Waals surface area contributed by atoms with Gasteiger partial charge in [0, 0.05) is 6.26 Å². The molecule has 7 nitrogen and oxygen atoms in total. The molecule has 1 N–H and O–H groups in total. The van der Waals surface area contributed by atoms with E-state index in [1.165, 1.54) is 48.5 Å². The molecule has 0 saturated carbocycles. The molecule has 114 valence electrons. The molecule has 0 spiro atoms. The first-order valence-electron chi connectivity index (χ1n) is 6.10. The van der Waals surface area contributed by atoms with Gasteiger partial charge in [-0.05, 0) is 48.5 Å². The second-order valence-electron chi connectivity index (χ2n) is 4.51. The van der Waals surface area contributed by atoms with Gasteiger partial charge in [0.2, 0.25) is 0 Å². The van der Waals surface area contributed by atoms with Crippen LogP contribution in [0.4, 0.5) is 11.4 Å². The Kier molecular flexibility index (Phi) is 4.22. The van der Waals surface area contributed by atoms with Crippen LogP contribution in [0.2, 0.25) is 0 Å². The molecule has 0 fully saturated rings. The number of nitrogens with zero attached hydrogens (tertiary/aromatic N) is 2. The van der Waals surface area contributed by atoms with Gasteiger partial charge in [-0.3, -0.25) is 0 Å². The minimum Gasteiger partial charge on any atom is -0.478 e. The van der Waals surface area contributed by atoms with E-state index in [0.29, 0.717) is 11.4 Å². The SMILES string of the molecule is CS(=O)(=O)c1ccc(N(N=O)c2ccc(C(=O)O)cc2)cc1. The van der Waals surface area contributed by atoms with Crippen molar-refractivity contribution in [3.05, 3.63) is 59.0 Å². The van der Waals surface area contributed by atoms with Crippen LogP contribution in [0.25, 0.3) is 0 Å². The third-order valence-electron chi connectivity index (χ3n) is 2.95. The Morgan fingerprint density at radius 1 is 1.00 bits per heavy atom. The predicted molar refractivity (Wildman–Crippen MR) is 80.9 cm³/mol. The minimum atomic E-state index is -3.32. The summed E-state index contributed by atoms with van der Waals surface area (Å²) in [6, 6.07) is 11.2. The number of anilines is 2. The minimum absolute atomic E-state index is 0.0852. The van der Waals surface area contributed by atoms with E-state index in [1.807, 2.05) is 0 Å². The van der Waals surface area contributed by atoms with Crippen molar-refractivity contribution in [3.8, 4) is 0 Å². The predicted octanol–water partition coefficient (Wildman–Crippen LogP) is 2.61. The molecule has 2 rings (SSSR count). The maximum atomic E-state index is 11.4. The van der Waals surface area contributed by atoms with Crippen molar-refractivity contribution in [1.29, 1.82) is 0 Å².